The molecule has 0 fully saturated rings. The highest BCUT2D eigenvalue weighted by molar-refractivity contribution is 5.66. The van der Waals surface area contributed by atoms with E-state index in [0.717, 1.165) is 17.5 Å². The third kappa shape index (κ3) is 6.92. The van der Waals surface area contributed by atoms with E-state index in [9.17, 15) is 4.39 Å². The summed E-state index contributed by atoms with van der Waals surface area (Å²) in [7, 11) is 0. The lowest BCUT2D eigenvalue weighted by atomic mass is 9.95. The van der Waals surface area contributed by atoms with Crippen molar-refractivity contribution in [3.05, 3.63) is 119 Å². The molecular formula is C34H37F. The van der Waals surface area contributed by atoms with Gasteiger partial charge in [0, 0.05) is 0 Å². The quantitative estimate of drug-likeness (QED) is 0.205. The number of aryl methyl sites for hydroxylation is 5. The van der Waals surface area contributed by atoms with Gasteiger partial charge in [-0.2, -0.15) is 0 Å². The van der Waals surface area contributed by atoms with Crippen molar-refractivity contribution in [2.75, 3.05) is 0 Å². The molecule has 0 spiro atoms. The fourth-order valence-corrected chi connectivity index (χ4v) is 4.86. The van der Waals surface area contributed by atoms with Crippen molar-refractivity contribution in [1.82, 2.24) is 0 Å². The van der Waals surface area contributed by atoms with Gasteiger partial charge in [0.1, 0.15) is 5.82 Å². The number of unbranched alkanes of at least 4 members (excludes halogenated alkanes) is 4. The average Bonchev–Trinajstić information content (AvgIpc) is 2.86. The summed E-state index contributed by atoms with van der Waals surface area (Å²) in [6.07, 6.45) is 8.68. The minimum atomic E-state index is -0.187. The Balaban J connectivity index is 1.18. The Labute approximate surface area is 210 Å². The van der Waals surface area contributed by atoms with Gasteiger partial charge in [-0.15, -0.1) is 0 Å². The maximum atomic E-state index is 13.2. The molecule has 0 radical (unpaired) electrons. The van der Waals surface area contributed by atoms with Gasteiger partial charge in [0.15, 0.2) is 0 Å². The van der Waals surface area contributed by atoms with Gasteiger partial charge in [0.25, 0.3) is 0 Å². The summed E-state index contributed by atoms with van der Waals surface area (Å²) in [6.45, 7) is 6.57. The monoisotopic (exact) mass is 464 g/mol. The van der Waals surface area contributed by atoms with Crippen molar-refractivity contribution in [3.63, 3.8) is 0 Å². The average molecular weight is 465 g/mol. The van der Waals surface area contributed by atoms with Crippen LogP contribution in [0.15, 0.2) is 84.9 Å². The zero-order valence-corrected chi connectivity index (χ0v) is 21.4. The van der Waals surface area contributed by atoms with Gasteiger partial charge in [-0.1, -0.05) is 97.6 Å². The molecule has 35 heavy (non-hydrogen) atoms. The van der Waals surface area contributed by atoms with E-state index in [1.54, 1.807) is 0 Å². The first-order valence-corrected chi connectivity index (χ1v) is 13.0. The smallest absolute Gasteiger partial charge is 0.123 e. The third-order valence-electron chi connectivity index (χ3n) is 7.14. The van der Waals surface area contributed by atoms with Crippen molar-refractivity contribution in [2.45, 2.75) is 65.7 Å². The van der Waals surface area contributed by atoms with Gasteiger partial charge < -0.3 is 0 Å². The van der Waals surface area contributed by atoms with Crippen LogP contribution in [0.3, 0.4) is 0 Å². The number of hydrogen-bond donors (Lipinski definition) is 0. The van der Waals surface area contributed by atoms with Crippen LogP contribution < -0.4 is 0 Å². The summed E-state index contributed by atoms with van der Waals surface area (Å²) in [5, 5.41) is 0. The van der Waals surface area contributed by atoms with Crippen LogP contribution in [0.2, 0.25) is 0 Å². The van der Waals surface area contributed by atoms with E-state index >= 15 is 0 Å². The molecule has 0 atom stereocenters. The molecule has 0 bridgehead atoms. The van der Waals surface area contributed by atoms with Gasteiger partial charge in [0.2, 0.25) is 0 Å². The molecule has 4 aromatic rings. The van der Waals surface area contributed by atoms with Crippen LogP contribution in [-0.2, 0) is 12.8 Å². The second-order valence-corrected chi connectivity index (χ2v) is 9.92. The molecule has 0 saturated heterocycles. The van der Waals surface area contributed by atoms with Crippen molar-refractivity contribution in [2.24, 2.45) is 0 Å². The molecule has 180 valence electrons. The zero-order chi connectivity index (χ0) is 24.6. The summed E-state index contributed by atoms with van der Waals surface area (Å²) < 4.78 is 13.2. The van der Waals surface area contributed by atoms with E-state index in [-0.39, 0.29) is 5.82 Å². The number of halogens is 1. The topological polar surface area (TPSA) is 0 Å². The standard InChI is InChI=1S/C34H37F/c1-25-11-13-30(14-12-25)32-17-15-28(26(2)23-32)9-7-5-4-6-8-10-29-16-18-33(24-27(29)3)31-19-21-34(35)22-20-31/h11-24H,4-10H2,1-3H3. The Kier molecular flexibility index (Phi) is 8.53. The van der Waals surface area contributed by atoms with Crippen molar-refractivity contribution in [1.29, 1.82) is 0 Å². The Hall–Kier alpha value is -3.19. The normalized spacial score (nSPS) is 11.1. The largest absolute Gasteiger partial charge is 0.207 e. The van der Waals surface area contributed by atoms with Gasteiger partial charge in [-0.25, -0.2) is 4.39 Å². The van der Waals surface area contributed by atoms with Crippen LogP contribution in [0.5, 0.6) is 0 Å². The van der Waals surface area contributed by atoms with Crippen molar-refractivity contribution in [3.8, 4) is 22.3 Å². The first kappa shape index (κ1) is 24.9. The molecule has 0 nitrogen and oxygen atoms in total. The van der Waals surface area contributed by atoms with E-state index < -0.39 is 0 Å². The number of rotatable bonds is 10. The molecule has 0 aliphatic rings. The van der Waals surface area contributed by atoms with E-state index in [0.29, 0.717) is 0 Å². The molecule has 1 heteroatoms. The van der Waals surface area contributed by atoms with Gasteiger partial charge in [0.05, 0.1) is 0 Å². The zero-order valence-electron chi connectivity index (χ0n) is 21.4. The Morgan fingerprint density at radius 1 is 0.457 bits per heavy atom. The summed E-state index contributed by atoms with van der Waals surface area (Å²) in [6, 6.07) is 29.1. The molecular weight excluding hydrogens is 427 g/mol. The Bertz CT molecular complexity index is 1130. The molecule has 0 unspecified atom stereocenters. The van der Waals surface area contributed by atoms with Crippen molar-refractivity contribution >= 4 is 0 Å². The molecule has 0 aliphatic carbocycles. The van der Waals surface area contributed by atoms with Crippen molar-refractivity contribution < 1.29 is 4.39 Å². The maximum absolute atomic E-state index is 13.2. The van der Waals surface area contributed by atoms with Crippen LogP contribution in [-0.4, -0.2) is 0 Å². The predicted octanol–water partition coefficient (Wildman–Crippen LogP) is 9.82. The first-order chi connectivity index (χ1) is 17.0. The van der Waals surface area contributed by atoms with E-state index in [2.05, 4.69) is 81.4 Å². The molecule has 0 amide bonds. The maximum Gasteiger partial charge on any atom is 0.123 e. The van der Waals surface area contributed by atoms with Crippen LogP contribution in [0.4, 0.5) is 4.39 Å². The van der Waals surface area contributed by atoms with Crippen LogP contribution in [0.25, 0.3) is 22.3 Å². The summed E-state index contributed by atoms with van der Waals surface area (Å²) in [5.41, 5.74) is 11.8. The number of benzene rings is 4. The molecule has 4 aromatic carbocycles. The second kappa shape index (κ2) is 12.0. The van der Waals surface area contributed by atoms with E-state index in [1.165, 1.54) is 89.6 Å². The predicted molar refractivity (Wildman–Crippen MR) is 148 cm³/mol. The van der Waals surface area contributed by atoms with E-state index in [1.807, 2.05) is 12.1 Å². The second-order valence-electron chi connectivity index (χ2n) is 9.92. The molecule has 0 aliphatic heterocycles. The van der Waals surface area contributed by atoms with Gasteiger partial charge >= 0.3 is 0 Å². The lowest BCUT2D eigenvalue weighted by molar-refractivity contribution is 0.612. The van der Waals surface area contributed by atoms with Crippen LogP contribution >= 0.6 is 0 Å². The van der Waals surface area contributed by atoms with Gasteiger partial charge in [-0.3, -0.25) is 0 Å². The highest BCUT2D eigenvalue weighted by atomic mass is 19.1. The van der Waals surface area contributed by atoms with E-state index in [4.69, 9.17) is 0 Å². The highest BCUT2D eigenvalue weighted by Crippen LogP contribution is 2.25. The van der Waals surface area contributed by atoms with Crippen LogP contribution in [0.1, 0.15) is 59.9 Å². The molecule has 0 heterocycles. The first-order valence-electron chi connectivity index (χ1n) is 13.0. The van der Waals surface area contributed by atoms with Crippen LogP contribution in [0, 0.1) is 26.6 Å². The summed E-state index contributed by atoms with van der Waals surface area (Å²) >= 11 is 0. The molecule has 4 rings (SSSR count). The number of hydrogen-bond acceptors (Lipinski definition) is 0. The highest BCUT2D eigenvalue weighted by Gasteiger charge is 2.05. The summed E-state index contributed by atoms with van der Waals surface area (Å²) in [5.74, 6) is -0.187. The third-order valence-corrected chi connectivity index (χ3v) is 7.14. The fourth-order valence-electron chi connectivity index (χ4n) is 4.86. The minimum Gasteiger partial charge on any atom is -0.207 e. The fraction of sp³-hybridized carbons (Fsp3) is 0.294. The summed E-state index contributed by atoms with van der Waals surface area (Å²) in [4.78, 5) is 0. The minimum absolute atomic E-state index is 0.187. The lowest BCUT2D eigenvalue weighted by Gasteiger charge is -2.10. The van der Waals surface area contributed by atoms with Gasteiger partial charge in [-0.05, 0) is 103 Å². The Morgan fingerprint density at radius 3 is 1.31 bits per heavy atom. The molecule has 0 N–H and O–H groups in total. The lowest BCUT2D eigenvalue weighted by Crippen LogP contribution is -1.93. The SMILES string of the molecule is Cc1ccc(-c2ccc(CCCCCCCc3ccc(-c4ccc(F)cc4)cc3C)c(C)c2)cc1. The Morgan fingerprint density at radius 2 is 0.857 bits per heavy atom. The molecule has 0 aromatic heterocycles. The molecule has 0 saturated carbocycles.